The number of amides is 2. The number of halogens is 1. The fraction of sp³-hybridized carbons (Fsp3) is 0.133. The van der Waals surface area contributed by atoms with Gasteiger partial charge in [-0.2, -0.15) is 0 Å². The first-order valence-corrected chi connectivity index (χ1v) is 12.6. The summed E-state index contributed by atoms with van der Waals surface area (Å²) in [5.41, 5.74) is 4.80. The van der Waals surface area contributed by atoms with E-state index in [1.807, 2.05) is 72.8 Å². The fourth-order valence-corrected chi connectivity index (χ4v) is 5.24. The minimum absolute atomic E-state index is 0.265. The Hall–Kier alpha value is -3.70. The van der Waals surface area contributed by atoms with Crippen LogP contribution >= 0.6 is 15.9 Å². The van der Waals surface area contributed by atoms with E-state index in [4.69, 9.17) is 4.74 Å². The van der Waals surface area contributed by atoms with Crippen LogP contribution in [0.5, 0.6) is 0 Å². The van der Waals surface area contributed by atoms with Gasteiger partial charge in [0.05, 0.1) is 0 Å². The fourth-order valence-electron chi connectivity index (χ4n) is 4.89. The Morgan fingerprint density at radius 3 is 1.80 bits per heavy atom. The lowest BCUT2D eigenvalue weighted by atomic mass is 9.75. The van der Waals surface area contributed by atoms with Gasteiger partial charge in [-0.05, 0) is 39.8 Å². The lowest BCUT2D eigenvalue weighted by Gasteiger charge is -2.41. The van der Waals surface area contributed by atoms with Crippen molar-refractivity contribution in [3.05, 3.63) is 143 Å². The van der Waals surface area contributed by atoms with Crippen molar-refractivity contribution in [1.29, 1.82) is 0 Å². The molecule has 0 aromatic heterocycles. The average Bonchev–Trinajstić information content (AvgIpc) is 3.24. The van der Waals surface area contributed by atoms with E-state index in [-0.39, 0.29) is 12.5 Å². The molecule has 0 atom stereocenters. The lowest BCUT2D eigenvalue weighted by Crippen LogP contribution is -2.51. The molecule has 174 valence electrons. The summed E-state index contributed by atoms with van der Waals surface area (Å²) < 4.78 is 5.23. The summed E-state index contributed by atoms with van der Waals surface area (Å²) in [5, 5.41) is 0.797. The van der Waals surface area contributed by atoms with Crippen molar-refractivity contribution < 1.29 is 14.3 Å². The molecule has 0 spiro atoms. The first kappa shape index (κ1) is 23.1. The molecule has 1 aliphatic rings. The van der Waals surface area contributed by atoms with Gasteiger partial charge in [-0.25, -0.2) is 9.69 Å². The van der Waals surface area contributed by atoms with Crippen molar-refractivity contribution in [3.63, 3.8) is 0 Å². The maximum absolute atomic E-state index is 13.2. The third kappa shape index (κ3) is 4.28. The molecule has 1 aliphatic heterocycles. The number of benzene rings is 4. The largest absolute Gasteiger partial charge is 0.439 e. The highest BCUT2D eigenvalue weighted by Crippen LogP contribution is 2.44. The standard InChI is InChI=1S/C30H24BrNO3/c31-20-24-11-7-9-22(18-24)17-23-10-8-16-27(19-23)30(25-12-3-1-4-13-25,26-14-5-2-6-15-26)32-28(33)21-35-29(32)34/h1-16,18-19H,17,20-21H2. The van der Waals surface area contributed by atoms with Crippen LogP contribution in [-0.2, 0) is 26.8 Å². The van der Waals surface area contributed by atoms with Crippen LogP contribution in [0.25, 0.3) is 0 Å². The Morgan fingerprint density at radius 2 is 1.23 bits per heavy atom. The van der Waals surface area contributed by atoms with Gasteiger partial charge in [0.2, 0.25) is 0 Å². The average molecular weight is 526 g/mol. The lowest BCUT2D eigenvalue weighted by molar-refractivity contribution is -0.128. The van der Waals surface area contributed by atoms with E-state index in [0.717, 1.165) is 34.0 Å². The molecule has 0 unspecified atom stereocenters. The monoisotopic (exact) mass is 525 g/mol. The maximum atomic E-state index is 13.2. The molecule has 35 heavy (non-hydrogen) atoms. The van der Waals surface area contributed by atoms with Crippen molar-refractivity contribution in [2.45, 2.75) is 17.3 Å². The Balaban J connectivity index is 1.73. The van der Waals surface area contributed by atoms with Crippen molar-refractivity contribution in [2.24, 2.45) is 0 Å². The number of carbonyl (C=O) groups excluding carboxylic acids is 2. The first-order chi connectivity index (χ1) is 17.1. The normalized spacial score (nSPS) is 13.7. The van der Waals surface area contributed by atoms with Crippen LogP contribution < -0.4 is 0 Å². The topological polar surface area (TPSA) is 46.6 Å². The van der Waals surface area contributed by atoms with Crippen LogP contribution in [0.2, 0.25) is 0 Å². The molecule has 1 heterocycles. The second kappa shape index (κ2) is 9.88. The summed E-state index contributed by atoms with van der Waals surface area (Å²) >= 11 is 3.53. The van der Waals surface area contributed by atoms with Gasteiger partial charge in [0, 0.05) is 5.33 Å². The summed E-state index contributed by atoms with van der Waals surface area (Å²) in [6.45, 7) is -0.265. The Kier molecular flexibility index (Phi) is 6.51. The summed E-state index contributed by atoms with van der Waals surface area (Å²) in [6.07, 6.45) is 0.0883. The highest BCUT2D eigenvalue weighted by atomic mass is 79.9. The van der Waals surface area contributed by atoms with Gasteiger partial charge >= 0.3 is 6.09 Å². The second-order valence-electron chi connectivity index (χ2n) is 8.56. The molecule has 0 N–H and O–H groups in total. The van der Waals surface area contributed by atoms with Crippen LogP contribution in [-0.4, -0.2) is 23.5 Å². The van der Waals surface area contributed by atoms with E-state index < -0.39 is 11.6 Å². The van der Waals surface area contributed by atoms with Crippen LogP contribution in [0.1, 0.15) is 33.4 Å². The summed E-state index contributed by atoms with van der Waals surface area (Å²) in [5.74, 6) is -0.363. The second-order valence-corrected chi connectivity index (χ2v) is 9.12. The van der Waals surface area contributed by atoms with E-state index in [2.05, 4.69) is 52.3 Å². The zero-order valence-corrected chi connectivity index (χ0v) is 20.6. The predicted molar refractivity (Wildman–Crippen MR) is 139 cm³/mol. The smallest absolute Gasteiger partial charge is 0.418 e. The first-order valence-electron chi connectivity index (χ1n) is 11.5. The molecule has 4 aromatic carbocycles. The molecule has 0 saturated carbocycles. The number of hydrogen-bond donors (Lipinski definition) is 0. The van der Waals surface area contributed by atoms with Gasteiger partial charge < -0.3 is 4.74 Å². The van der Waals surface area contributed by atoms with Gasteiger partial charge in [0.1, 0.15) is 5.54 Å². The van der Waals surface area contributed by atoms with Crippen LogP contribution in [0, 0.1) is 0 Å². The maximum Gasteiger partial charge on any atom is 0.418 e. The molecule has 1 saturated heterocycles. The van der Waals surface area contributed by atoms with Gasteiger partial charge in [0.15, 0.2) is 6.61 Å². The number of alkyl halides is 1. The molecule has 2 amide bonds. The number of imide groups is 1. The molecule has 0 radical (unpaired) electrons. The molecular weight excluding hydrogens is 502 g/mol. The van der Waals surface area contributed by atoms with Crippen molar-refractivity contribution in [3.8, 4) is 0 Å². The molecule has 4 aromatic rings. The molecule has 0 bridgehead atoms. The molecule has 5 rings (SSSR count). The van der Waals surface area contributed by atoms with Crippen LogP contribution in [0.15, 0.2) is 109 Å². The summed E-state index contributed by atoms with van der Waals surface area (Å²) in [4.78, 5) is 27.5. The minimum atomic E-state index is -1.17. The zero-order valence-electron chi connectivity index (χ0n) is 19.1. The third-order valence-corrected chi connectivity index (χ3v) is 7.02. The van der Waals surface area contributed by atoms with Gasteiger partial charge in [-0.3, -0.25) is 4.79 Å². The predicted octanol–water partition coefficient (Wildman–Crippen LogP) is 6.44. The van der Waals surface area contributed by atoms with Crippen molar-refractivity contribution in [2.75, 3.05) is 6.61 Å². The third-order valence-electron chi connectivity index (χ3n) is 6.37. The molecule has 0 aliphatic carbocycles. The quantitative estimate of drug-likeness (QED) is 0.206. The van der Waals surface area contributed by atoms with Gasteiger partial charge in [-0.1, -0.05) is 125 Å². The Bertz CT molecular complexity index is 1300. The van der Waals surface area contributed by atoms with E-state index in [1.54, 1.807) is 0 Å². The highest BCUT2D eigenvalue weighted by molar-refractivity contribution is 9.08. The Labute approximate surface area is 213 Å². The van der Waals surface area contributed by atoms with Crippen molar-refractivity contribution in [1.82, 2.24) is 4.90 Å². The van der Waals surface area contributed by atoms with E-state index in [0.29, 0.717) is 0 Å². The number of nitrogens with zero attached hydrogens (tertiary/aromatic N) is 1. The van der Waals surface area contributed by atoms with Gasteiger partial charge in [-0.15, -0.1) is 0 Å². The van der Waals surface area contributed by atoms with Gasteiger partial charge in [0.25, 0.3) is 5.91 Å². The number of ether oxygens (including phenoxy) is 1. The Morgan fingerprint density at radius 1 is 0.686 bits per heavy atom. The number of rotatable bonds is 7. The summed E-state index contributed by atoms with van der Waals surface area (Å²) in [6, 6.07) is 36.0. The van der Waals surface area contributed by atoms with Crippen LogP contribution in [0.3, 0.4) is 0 Å². The number of cyclic esters (lactones) is 1. The van der Waals surface area contributed by atoms with E-state index in [1.165, 1.54) is 16.0 Å². The zero-order chi connectivity index (χ0) is 24.3. The van der Waals surface area contributed by atoms with E-state index >= 15 is 0 Å². The molecule has 4 nitrogen and oxygen atoms in total. The molecule has 5 heteroatoms. The van der Waals surface area contributed by atoms with Crippen molar-refractivity contribution >= 4 is 27.9 Å². The highest BCUT2D eigenvalue weighted by Gasteiger charge is 2.51. The minimum Gasteiger partial charge on any atom is -0.439 e. The molecular formula is C30H24BrNO3. The van der Waals surface area contributed by atoms with Crippen LogP contribution in [0.4, 0.5) is 4.79 Å². The SMILES string of the molecule is O=C1COC(=O)N1C(c1ccccc1)(c1ccccc1)c1cccc(Cc2cccc(CBr)c2)c1. The summed E-state index contributed by atoms with van der Waals surface area (Å²) in [7, 11) is 0. The number of carbonyl (C=O) groups is 2. The number of hydrogen-bond acceptors (Lipinski definition) is 3. The molecule has 1 fully saturated rings. The van der Waals surface area contributed by atoms with E-state index in [9.17, 15) is 9.59 Å².